The van der Waals surface area contributed by atoms with E-state index >= 15 is 0 Å². The van der Waals surface area contributed by atoms with E-state index in [1.807, 2.05) is 0 Å². The summed E-state index contributed by atoms with van der Waals surface area (Å²) in [4.78, 5) is 11.5. The minimum Gasteiger partial charge on any atom is -0.327 e. The maximum Gasteiger partial charge on any atom is 0.227 e. The molecule has 0 radical (unpaired) electrons. The fraction of sp³-hybridized carbons (Fsp3) is 0.500. The lowest BCUT2D eigenvalue weighted by molar-refractivity contribution is -0.116. The van der Waals surface area contributed by atoms with Gasteiger partial charge >= 0.3 is 0 Å². The standard InChI is InChI=1S/C10H13ClN4O/c11-8-3-4-9(15-14-8)13-10(16)5-7(12)6-1-2-6/h3-4,6-7H,1-2,5,12H2,(H,13,15,16). The molecule has 0 spiro atoms. The van der Waals surface area contributed by atoms with Gasteiger partial charge in [0.15, 0.2) is 11.0 Å². The summed E-state index contributed by atoms with van der Waals surface area (Å²) < 4.78 is 0. The van der Waals surface area contributed by atoms with Crippen molar-refractivity contribution in [2.75, 3.05) is 5.32 Å². The Morgan fingerprint density at radius 2 is 2.31 bits per heavy atom. The Hall–Kier alpha value is -1.20. The van der Waals surface area contributed by atoms with E-state index in [1.54, 1.807) is 12.1 Å². The Bertz CT molecular complexity index is 377. The highest BCUT2D eigenvalue weighted by Crippen LogP contribution is 2.32. The third-order valence-electron chi connectivity index (χ3n) is 2.55. The largest absolute Gasteiger partial charge is 0.327 e. The molecule has 5 nitrogen and oxygen atoms in total. The molecule has 0 aliphatic heterocycles. The van der Waals surface area contributed by atoms with Gasteiger partial charge in [0.1, 0.15) is 0 Å². The van der Waals surface area contributed by atoms with Crippen LogP contribution in [0.2, 0.25) is 5.15 Å². The second-order valence-corrected chi connectivity index (χ2v) is 4.38. The molecule has 1 atom stereocenters. The predicted molar refractivity (Wildman–Crippen MR) is 61.0 cm³/mol. The third-order valence-corrected chi connectivity index (χ3v) is 2.75. The maximum absolute atomic E-state index is 11.5. The van der Waals surface area contributed by atoms with E-state index in [2.05, 4.69) is 15.5 Å². The second-order valence-electron chi connectivity index (χ2n) is 3.99. The van der Waals surface area contributed by atoms with E-state index in [-0.39, 0.29) is 11.9 Å². The molecule has 3 N–H and O–H groups in total. The van der Waals surface area contributed by atoms with Crippen LogP contribution in [0.25, 0.3) is 0 Å². The third kappa shape index (κ3) is 3.15. The van der Waals surface area contributed by atoms with E-state index in [1.165, 1.54) is 0 Å². The Labute approximate surface area is 98.4 Å². The number of carbonyl (C=O) groups excluding carboxylic acids is 1. The van der Waals surface area contributed by atoms with Gasteiger partial charge in [-0.1, -0.05) is 11.6 Å². The summed E-state index contributed by atoms with van der Waals surface area (Å²) in [6.45, 7) is 0. The van der Waals surface area contributed by atoms with Crippen molar-refractivity contribution in [2.45, 2.75) is 25.3 Å². The number of amides is 1. The number of nitrogens with two attached hydrogens (primary N) is 1. The summed E-state index contributed by atoms with van der Waals surface area (Å²) in [5, 5.41) is 10.3. The average Bonchev–Trinajstić information content (AvgIpc) is 3.04. The first-order valence-electron chi connectivity index (χ1n) is 5.20. The van der Waals surface area contributed by atoms with Crippen LogP contribution in [-0.2, 0) is 4.79 Å². The zero-order valence-corrected chi connectivity index (χ0v) is 9.44. The minimum absolute atomic E-state index is 0.0414. The van der Waals surface area contributed by atoms with Crippen molar-refractivity contribution in [3.63, 3.8) is 0 Å². The lowest BCUT2D eigenvalue weighted by atomic mass is 10.1. The van der Waals surface area contributed by atoms with Gasteiger partial charge in [0.05, 0.1) is 0 Å². The molecule has 16 heavy (non-hydrogen) atoms. The van der Waals surface area contributed by atoms with Gasteiger partial charge in [0, 0.05) is 12.5 Å². The highest BCUT2D eigenvalue weighted by atomic mass is 35.5. The number of carbonyl (C=O) groups is 1. The molecule has 1 saturated carbocycles. The minimum atomic E-state index is -0.129. The van der Waals surface area contributed by atoms with Crippen LogP contribution < -0.4 is 11.1 Å². The maximum atomic E-state index is 11.5. The zero-order valence-electron chi connectivity index (χ0n) is 8.69. The molecular weight excluding hydrogens is 228 g/mol. The molecule has 86 valence electrons. The summed E-state index contributed by atoms with van der Waals surface area (Å²) in [6.07, 6.45) is 2.60. The van der Waals surface area contributed by atoms with E-state index in [9.17, 15) is 4.79 Å². The monoisotopic (exact) mass is 240 g/mol. The highest BCUT2D eigenvalue weighted by molar-refractivity contribution is 6.29. The molecule has 0 saturated heterocycles. The molecule has 1 unspecified atom stereocenters. The molecule has 1 amide bonds. The Balaban J connectivity index is 1.84. The summed E-state index contributed by atoms with van der Waals surface area (Å²) in [6, 6.07) is 3.14. The van der Waals surface area contributed by atoms with Crippen molar-refractivity contribution < 1.29 is 4.79 Å². The summed E-state index contributed by atoms with van der Waals surface area (Å²) in [5.41, 5.74) is 5.84. The lowest BCUT2D eigenvalue weighted by Gasteiger charge is -2.09. The first-order chi connectivity index (χ1) is 7.65. The van der Waals surface area contributed by atoms with Crippen LogP contribution in [0.1, 0.15) is 19.3 Å². The van der Waals surface area contributed by atoms with E-state index in [0.717, 1.165) is 12.8 Å². The van der Waals surface area contributed by atoms with E-state index < -0.39 is 0 Å². The van der Waals surface area contributed by atoms with Gasteiger partial charge in [-0.25, -0.2) is 0 Å². The number of nitrogens with one attached hydrogen (secondary N) is 1. The Morgan fingerprint density at radius 3 is 2.88 bits per heavy atom. The van der Waals surface area contributed by atoms with Gasteiger partial charge < -0.3 is 11.1 Å². The average molecular weight is 241 g/mol. The molecule has 1 fully saturated rings. The van der Waals surface area contributed by atoms with E-state index in [0.29, 0.717) is 23.3 Å². The van der Waals surface area contributed by atoms with Crippen LogP contribution in [0.5, 0.6) is 0 Å². The van der Waals surface area contributed by atoms with Crippen molar-refractivity contribution in [1.29, 1.82) is 0 Å². The molecule has 1 aromatic heterocycles. The SMILES string of the molecule is NC(CC(=O)Nc1ccc(Cl)nn1)C1CC1. The van der Waals surface area contributed by atoms with E-state index in [4.69, 9.17) is 17.3 Å². The number of rotatable bonds is 4. The number of aromatic nitrogens is 2. The molecule has 2 rings (SSSR count). The summed E-state index contributed by atoms with van der Waals surface area (Å²) in [5.74, 6) is 0.787. The van der Waals surface area contributed by atoms with Gasteiger partial charge in [-0.05, 0) is 30.9 Å². The van der Waals surface area contributed by atoms with Crippen molar-refractivity contribution >= 4 is 23.3 Å². The van der Waals surface area contributed by atoms with Gasteiger partial charge in [0.2, 0.25) is 5.91 Å². The lowest BCUT2D eigenvalue weighted by Crippen LogP contribution is -2.29. The fourth-order valence-electron chi connectivity index (χ4n) is 1.48. The van der Waals surface area contributed by atoms with Crippen LogP contribution in [0, 0.1) is 5.92 Å². The molecule has 1 aromatic rings. The smallest absolute Gasteiger partial charge is 0.227 e. The molecular formula is C10H13ClN4O. The Kier molecular flexibility index (Phi) is 3.36. The van der Waals surface area contributed by atoms with Gasteiger partial charge in [-0.2, -0.15) is 0 Å². The fourth-order valence-corrected chi connectivity index (χ4v) is 1.58. The van der Waals surface area contributed by atoms with Crippen molar-refractivity contribution in [1.82, 2.24) is 10.2 Å². The zero-order chi connectivity index (χ0) is 11.5. The number of anilines is 1. The van der Waals surface area contributed by atoms with Crippen molar-refractivity contribution in [3.8, 4) is 0 Å². The Morgan fingerprint density at radius 1 is 1.56 bits per heavy atom. The predicted octanol–water partition coefficient (Wildman–Crippen LogP) is 1.20. The van der Waals surface area contributed by atoms with Crippen LogP contribution >= 0.6 is 11.6 Å². The topological polar surface area (TPSA) is 80.9 Å². The molecule has 1 aliphatic carbocycles. The number of hydrogen-bond donors (Lipinski definition) is 2. The van der Waals surface area contributed by atoms with Crippen LogP contribution in [0.4, 0.5) is 5.82 Å². The molecule has 1 aliphatic rings. The highest BCUT2D eigenvalue weighted by Gasteiger charge is 2.29. The van der Waals surface area contributed by atoms with Gasteiger partial charge in [-0.3, -0.25) is 4.79 Å². The first kappa shape index (κ1) is 11.3. The number of nitrogens with zero attached hydrogens (tertiary/aromatic N) is 2. The molecule has 6 heteroatoms. The molecule has 0 aromatic carbocycles. The number of hydrogen-bond acceptors (Lipinski definition) is 4. The van der Waals surface area contributed by atoms with Gasteiger partial charge in [-0.15, -0.1) is 10.2 Å². The summed E-state index contributed by atoms with van der Waals surface area (Å²) >= 11 is 5.58. The van der Waals surface area contributed by atoms with Crippen molar-refractivity contribution in [2.24, 2.45) is 11.7 Å². The quantitative estimate of drug-likeness (QED) is 0.829. The molecule has 0 bridgehead atoms. The molecule has 1 heterocycles. The van der Waals surface area contributed by atoms with Crippen LogP contribution in [0.15, 0.2) is 12.1 Å². The summed E-state index contributed by atoms with van der Waals surface area (Å²) in [7, 11) is 0. The number of halogens is 1. The normalized spacial score (nSPS) is 16.9. The second kappa shape index (κ2) is 4.76. The van der Waals surface area contributed by atoms with Gasteiger partial charge in [0.25, 0.3) is 0 Å². The van der Waals surface area contributed by atoms with Crippen LogP contribution in [0.3, 0.4) is 0 Å². The van der Waals surface area contributed by atoms with Crippen LogP contribution in [-0.4, -0.2) is 22.1 Å². The van der Waals surface area contributed by atoms with Crippen molar-refractivity contribution in [3.05, 3.63) is 17.3 Å². The first-order valence-corrected chi connectivity index (χ1v) is 5.57.